The van der Waals surface area contributed by atoms with E-state index in [4.69, 9.17) is 5.73 Å². The maximum atomic E-state index is 5.52. The van der Waals surface area contributed by atoms with E-state index in [2.05, 4.69) is 24.2 Å². The standard InChI is InChI=1S/C11H13N3/c1-9-3-2-4-11(5-9)14-8-10(6-12)7-13-14/h2-5,7-8H,6,12H2,1H3. The van der Waals surface area contributed by atoms with Crippen molar-refractivity contribution in [2.75, 3.05) is 0 Å². The monoisotopic (exact) mass is 187 g/mol. The van der Waals surface area contributed by atoms with Gasteiger partial charge in [-0.05, 0) is 24.6 Å². The maximum Gasteiger partial charge on any atom is 0.0648 e. The fourth-order valence-electron chi connectivity index (χ4n) is 1.38. The Labute approximate surface area is 83.2 Å². The zero-order valence-corrected chi connectivity index (χ0v) is 8.14. The van der Waals surface area contributed by atoms with Gasteiger partial charge in [0.2, 0.25) is 0 Å². The predicted octanol–water partition coefficient (Wildman–Crippen LogP) is 1.64. The summed E-state index contributed by atoms with van der Waals surface area (Å²) < 4.78 is 1.84. The van der Waals surface area contributed by atoms with Crippen molar-refractivity contribution in [3.05, 3.63) is 47.8 Å². The summed E-state index contributed by atoms with van der Waals surface area (Å²) in [6.07, 6.45) is 3.75. The van der Waals surface area contributed by atoms with Crippen molar-refractivity contribution in [2.45, 2.75) is 13.5 Å². The molecule has 0 spiro atoms. The average Bonchev–Trinajstić information content (AvgIpc) is 2.66. The Kier molecular flexibility index (Phi) is 2.33. The van der Waals surface area contributed by atoms with Crippen molar-refractivity contribution >= 4 is 0 Å². The van der Waals surface area contributed by atoms with E-state index >= 15 is 0 Å². The molecule has 0 aliphatic rings. The molecule has 0 radical (unpaired) electrons. The van der Waals surface area contributed by atoms with Gasteiger partial charge in [-0.2, -0.15) is 5.10 Å². The SMILES string of the molecule is Cc1cccc(-n2cc(CN)cn2)c1. The van der Waals surface area contributed by atoms with Gasteiger partial charge in [0.05, 0.1) is 11.9 Å². The maximum absolute atomic E-state index is 5.52. The molecule has 2 aromatic rings. The molecule has 14 heavy (non-hydrogen) atoms. The molecule has 72 valence electrons. The van der Waals surface area contributed by atoms with E-state index in [1.54, 1.807) is 6.20 Å². The van der Waals surface area contributed by atoms with E-state index in [0.717, 1.165) is 11.3 Å². The third-order valence-corrected chi connectivity index (χ3v) is 2.14. The number of nitrogens with two attached hydrogens (primary N) is 1. The van der Waals surface area contributed by atoms with Crippen LogP contribution >= 0.6 is 0 Å². The lowest BCUT2D eigenvalue weighted by atomic mass is 10.2. The van der Waals surface area contributed by atoms with Crippen molar-refractivity contribution < 1.29 is 0 Å². The minimum absolute atomic E-state index is 0.534. The summed E-state index contributed by atoms with van der Waals surface area (Å²) in [4.78, 5) is 0. The Balaban J connectivity index is 2.39. The fraction of sp³-hybridized carbons (Fsp3) is 0.182. The van der Waals surface area contributed by atoms with Crippen molar-refractivity contribution in [1.82, 2.24) is 9.78 Å². The van der Waals surface area contributed by atoms with Crippen LogP contribution in [0.1, 0.15) is 11.1 Å². The van der Waals surface area contributed by atoms with Crippen LogP contribution < -0.4 is 5.73 Å². The van der Waals surface area contributed by atoms with Gasteiger partial charge in [0.1, 0.15) is 0 Å². The lowest BCUT2D eigenvalue weighted by Gasteiger charge is -2.01. The zero-order valence-electron chi connectivity index (χ0n) is 8.14. The summed E-state index contributed by atoms with van der Waals surface area (Å²) in [5, 5.41) is 4.24. The summed E-state index contributed by atoms with van der Waals surface area (Å²) in [5.74, 6) is 0. The fourth-order valence-corrected chi connectivity index (χ4v) is 1.38. The second-order valence-electron chi connectivity index (χ2n) is 3.34. The summed E-state index contributed by atoms with van der Waals surface area (Å²) >= 11 is 0. The van der Waals surface area contributed by atoms with Gasteiger partial charge in [0.15, 0.2) is 0 Å². The second-order valence-corrected chi connectivity index (χ2v) is 3.34. The molecular formula is C11H13N3. The first-order valence-electron chi connectivity index (χ1n) is 4.60. The molecule has 0 aliphatic heterocycles. The van der Waals surface area contributed by atoms with Crippen molar-refractivity contribution in [3.63, 3.8) is 0 Å². The predicted molar refractivity (Wildman–Crippen MR) is 56.2 cm³/mol. The van der Waals surface area contributed by atoms with Gasteiger partial charge in [-0.3, -0.25) is 0 Å². The van der Waals surface area contributed by atoms with Crippen molar-refractivity contribution in [3.8, 4) is 5.69 Å². The van der Waals surface area contributed by atoms with Gasteiger partial charge in [0.25, 0.3) is 0 Å². The van der Waals surface area contributed by atoms with E-state index in [9.17, 15) is 0 Å². The minimum Gasteiger partial charge on any atom is -0.326 e. The molecule has 3 heteroatoms. The number of hydrogen-bond donors (Lipinski definition) is 1. The Bertz CT molecular complexity index is 432. The molecule has 0 unspecified atom stereocenters. The van der Waals surface area contributed by atoms with Crippen LogP contribution in [0.3, 0.4) is 0 Å². The van der Waals surface area contributed by atoms with Gasteiger partial charge < -0.3 is 5.73 Å². The van der Waals surface area contributed by atoms with Gasteiger partial charge in [-0.25, -0.2) is 4.68 Å². The third kappa shape index (κ3) is 1.67. The molecule has 0 aliphatic carbocycles. The number of nitrogens with zero attached hydrogens (tertiary/aromatic N) is 2. The summed E-state index contributed by atoms with van der Waals surface area (Å²) in [7, 11) is 0. The highest BCUT2D eigenvalue weighted by atomic mass is 15.3. The first-order chi connectivity index (χ1) is 6.79. The molecule has 0 bridgehead atoms. The van der Waals surface area contributed by atoms with Crippen molar-refractivity contribution in [2.24, 2.45) is 5.73 Å². The normalized spacial score (nSPS) is 10.4. The molecule has 0 saturated heterocycles. The van der Waals surface area contributed by atoms with Gasteiger partial charge in [-0.15, -0.1) is 0 Å². The van der Waals surface area contributed by atoms with E-state index in [1.807, 2.05) is 23.0 Å². The van der Waals surface area contributed by atoms with Crippen molar-refractivity contribution in [1.29, 1.82) is 0 Å². The Morgan fingerprint density at radius 2 is 2.29 bits per heavy atom. The topological polar surface area (TPSA) is 43.8 Å². The minimum atomic E-state index is 0.534. The highest BCUT2D eigenvalue weighted by molar-refractivity contribution is 5.34. The molecule has 1 aromatic carbocycles. The molecule has 0 saturated carbocycles. The Morgan fingerprint density at radius 3 is 2.93 bits per heavy atom. The van der Waals surface area contributed by atoms with E-state index in [-0.39, 0.29) is 0 Å². The highest BCUT2D eigenvalue weighted by Gasteiger charge is 1.98. The summed E-state index contributed by atoms with van der Waals surface area (Å²) in [6, 6.07) is 8.21. The quantitative estimate of drug-likeness (QED) is 0.776. The lowest BCUT2D eigenvalue weighted by Crippen LogP contribution is -1.95. The molecule has 1 heterocycles. The van der Waals surface area contributed by atoms with Crippen LogP contribution in [0.5, 0.6) is 0 Å². The molecule has 0 atom stereocenters. The van der Waals surface area contributed by atoms with E-state index < -0.39 is 0 Å². The molecule has 0 amide bonds. The van der Waals surface area contributed by atoms with Crippen LogP contribution in [-0.4, -0.2) is 9.78 Å². The van der Waals surface area contributed by atoms with Gasteiger partial charge >= 0.3 is 0 Å². The number of hydrogen-bond acceptors (Lipinski definition) is 2. The smallest absolute Gasteiger partial charge is 0.0648 e. The van der Waals surface area contributed by atoms with Gasteiger partial charge in [0, 0.05) is 18.3 Å². The van der Waals surface area contributed by atoms with Crippen LogP contribution in [0, 0.1) is 6.92 Å². The van der Waals surface area contributed by atoms with Crippen LogP contribution in [0.15, 0.2) is 36.7 Å². The first-order valence-corrected chi connectivity index (χ1v) is 4.60. The second kappa shape index (κ2) is 3.64. The van der Waals surface area contributed by atoms with Crippen LogP contribution in [0.2, 0.25) is 0 Å². The summed E-state index contributed by atoms with van der Waals surface area (Å²) in [6.45, 7) is 2.60. The average molecular weight is 187 g/mol. The number of aryl methyl sites for hydroxylation is 1. The number of benzene rings is 1. The molecule has 1 aromatic heterocycles. The van der Waals surface area contributed by atoms with Crippen LogP contribution in [-0.2, 0) is 6.54 Å². The molecule has 2 N–H and O–H groups in total. The first kappa shape index (κ1) is 8.97. The van der Waals surface area contributed by atoms with E-state index in [0.29, 0.717) is 6.54 Å². The Hall–Kier alpha value is -1.61. The van der Waals surface area contributed by atoms with E-state index in [1.165, 1.54) is 5.56 Å². The third-order valence-electron chi connectivity index (χ3n) is 2.14. The highest BCUT2D eigenvalue weighted by Crippen LogP contribution is 2.09. The molecule has 0 fully saturated rings. The summed E-state index contributed by atoms with van der Waals surface area (Å²) in [5.41, 5.74) is 8.87. The largest absolute Gasteiger partial charge is 0.326 e. The molecular weight excluding hydrogens is 174 g/mol. The lowest BCUT2D eigenvalue weighted by molar-refractivity contribution is 0.878. The van der Waals surface area contributed by atoms with Crippen LogP contribution in [0.4, 0.5) is 0 Å². The number of aromatic nitrogens is 2. The molecule has 3 nitrogen and oxygen atoms in total. The number of rotatable bonds is 2. The molecule has 2 rings (SSSR count). The zero-order chi connectivity index (χ0) is 9.97. The Morgan fingerprint density at radius 1 is 1.43 bits per heavy atom. The van der Waals surface area contributed by atoms with Crippen LogP contribution in [0.25, 0.3) is 5.69 Å². The van der Waals surface area contributed by atoms with Gasteiger partial charge in [-0.1, -0.05) is 12.1 Å².